The van der Waals surface area contributed by atoms with Crippen molar-refractivity contribution in [1.82, 2.24) is 9.97 Å². The van der Waals surface area contributed by atoms with Crippen molar-refractivity contribution in [1.29, 1.82) is 0 Å². The summed E-state index contributed by atoms with van der Waals surface area (Å²) >= 11 is 5.90. The van der Waals surface area contributed by atoms with Crippen molar-refractivity contribution < 1.29 is 21.6 Å². The van der Waals surface area contributed by atoms with E-state index < -0.39 is 22.2 Å². The molecule has 0 unspecified atom stereocenters. The molecule has 35 heavy (non-hydrogen) atoms. The van der Waals surface area contributed by atoms with Gasteiger partial charge in [0.2, 0.25) is 10.0 Å². The highest BCUT2D eigenvalue weighted by Gasteiger charge is 2.46. The van der Waals surface area contributed by atoms with Gasteiger partial charge in [-0.15, -0.1) is 0 Å². The average Bonchev–Trinajstić information content (AvgIpc) is 3.29. The Kier molecular flexibility index (Phi) is 7.06. The zero-order chi connectivity index (χ0) is 25.2. The molecule has 0 spiro atoms. The summed E-state index contributed by atoms with van der Waals surface area (Å²) in [7, 11) is -4.05. The molecule has 13 heteroatoms. The molecule has 0 aliphatic carbocycles. The molecule has 1 fully saturated rings. The summed E-state index contributed by atoms with van der Waals surface area (Å²) in [6.45, 7) is 0.214. The van der Waals surface area contributed by atoms with Crippen LogP contribution < -0.4 is 20.7 Å². The van der Waals surface area contributed by atoms with Crippen molar-refractivity contribution in [2.24, 2.45) is 5.14 Å². The molecule has 1 saturated heterocycles. The van der Waals surface area contributed by atoms with Gasteiger partial charge >= 0.3 is 6.18 Å². The number of sulfonamides is 1. The highest BCUT2D eigenvalue weighted by Crippen LogP contribution is 2.38. The Balaban J connectivity index is 1.59. The Bertz CT molecular complexity index is 1310. The lowest BCUT2D eigenvalue weighted by molar-refractivity contribution is -0.146. The van der Waals surface area contributed by atoms with E-state index in [2.05, 4.69) is 20.6 Å². The maximum Gasteiger partial charge on any atom is 0.408 e. The normalized spacial score (nSPS) is 16.4. The van der Waals surface area contributed by atoms with Gasteiger partial charge in [-0.2, -0.15) is 13.2 Å². The Morgan fingerprint density at radius 2 is 1.80 bits per heavy atom. The van der Waals surface area contributed by atoms with E-state index in [0.29, 0.717) is 34.3 Å². The molecule has 1 atom stereocenters. The van der Waals surface area contributed by atoms with Crippen LogP contribution >= 0.6 is 11.6 Å². The minimum Gasteiger partial charge on any atom is -0.366 e. The monoisotopic (exact) mass is 526 g/mol. The second-order valence-corrected chi connectivity index (χ2v) is 10.0. The van der Waals surface area contributed by atoms with Crippen LogP contribution in [0.5, 0.6) is 0 Å². The number of anilines is 4. The quantitative estimate of drug-likeness (QED) is 0.410. The molecule has 3 aromatic rings. The fourth-order valence-electron chi connectivity index (χ4n) is 3.95. The summed E-state index contributed by atoms with van der Waals surface area (Å²) in [6.07, 6.45) is -2.74. The van der Waals surface area contributed by atoms with Crippen molar-refractivity contribution in [2.75, 3.05) is 22.1 Å². The van der Waals surface area contributed by atoms with Crippen LogP contribution in [0.25, 0.3) is 0 Å². The molecule has 1 aromatic heterocycles. The standard InChI is InChI=1S/C22H22ClF3N6O2S/c23-15-3-5-16(6-4-15)31-21-11-20(29-13-30-21)28-12-14-10-17(35(27,33)34)7-8-18(14)32-9-1-2-19(32)22(24,25)26/h3-8,10-11,13,19H,1-2,9,12H2,(H2,27,33,34)(H2,28,29,30,31)/t19-/m1/s1. The molecule has 2 heterocycles. The number of aromatic nitrogens is 2. The molecular weight excluding hydrogens is 505 g/mol. The number of nitrogens with zero attached hydrogens (tertiary/aromatic N) is 3. The number of halogens is 4. The van der Waals surface area contributed by atoms with Crippen LogP contribution in [-0.2, 0) is 16.6 Å². The van der Waals surface area contributed by atoms with Gasteiger partial charge in [-0.1, -0.05) is 11.6 Å². The van der Waals surface area contributed by atoms with Gasteiger partial charge in [-0.25, -0.2) is 23.5 Å². The summed E-state index contributed by atoms with van der Waals surface area (Å²) < 4.78 is 64.5. The van der Waals surface area contributed by atoms with Crippen LogP contribution in [0, 0.1) is 0 Å². The Labute approximate surface area is 205 Å². The van der Waals surface area contributed by atoms with Gasteiger partial charge < -0.3 is 15.5 Å². The van der Waals surface area contributed by atoms with Crippen molar-refractivity contribution in [3.63, 3.8) is 0 Å². The predicted octanol–water partition coefficient (Wildman–Crippen LogP) is 4.66. The molecule has 186 valence electrons. The Morgan fingerprint density at radius 1 is 1.09 bits per heavy atom. The number of alkyl halides is 3. The summed E-state index contributed by atoms with van der Waals surface area (Å²) in [5, 5.41) is 12.0. The number of nitrogens with one attached hydrogen (secondary N) is 2. The largest absolute Gasteiger partial charge is 0.408 e. The highest BCUT2D eigenvalue weighted by atomic mass is 35.5. The lowest BCUT2D eigenvalue weighted by Gasteiger charge is -2.30. The molecule has 0 bridgehead atoms. The first kappa shape index (κ1) is 25.0. The molecule has 0 saturated carbocycles. The van der Waals surface area contributed by atoms with E-state index in [4.69, 9.17) is 16.7 Å². The first-order chi connectivity index (χ1) is 16.5. The van der Waals surface area contributed by atoms with Crippen molar-refractivity contribution in [3.8, 4) is 0 Å². The average molecular weight is 527 g/mol. The van der Waals surface area contributed by atoms with E-state index in [9.17, 15) is 21.6 Å². The number of rotatable bonds is 7. The summed E-state index contributed by atoms with van der Waals surface area (Å²) in [6, 6.07) is 10.8. The molecule has 0 amide bonds. The van der Waals surface area contributed by atoms with E-state index in [1.807, 2.05) is 0 Å². The third-order valence-electron chi connectivity index (χ3n) is 5.56. The number of benzene rings is 2. The van der Waals surface area contributed by atoms with Crippen molar-refractivity contribution in [2.45, 2.75) is 36.5 Å². The molecular formula is C22H22ClF3N6O2S. The van der Waals surface area contributed by atoms with Crippen molar-refractivity contribution in [3.05, 3.63) is 65.4 Å². The zero-order valence-corrected chi connectivity index (χ0v) is 19.8. The number of nitrogens with two attached hydrogens (primary N) is 1. The fourth-order valence-corrected chi connectivity index (χ4v) is 4.64. The maximum absolute atomic E-state index is 13.6. The second kappa shape index (κ2) is 9.88. The van der Waals surface area contributed by atoms with Gasteiger partial charge in [-0.3, -0.25) is 0 Å². The van der Waals surface area contributed by atoms with Gasteiger partial charge in [0.1, 0.15) is 24.0 Å². The van der Waals surface area contributed by atoms with Gasteiger partial charge in [0.25, 0.3) is 0 Å². The molecule has 0 radical (unpaired) electrons. The van der Waals surface area contributed by atoms with Crippen LogP contribution in [-0.4, -0.2) is 37.1 Å². The third kappa shape index (κ3) is 6.13. The molecule has 4 rings (SSSR count). The SMILES string of the molecule is NS(=O)(=O)c1ccc(N2CCC[C@@H]2C(F)(F)F)c(CNc2cc(Nc3ccc(Cl)cc3)ncn2)c1. The maximum atomic E-state index is 13.6. The van der Waals surface area contributed by atoms with E-state index in [0.717, 1.165) is 5.69 Å². The third-order valence-corrected chi connectivity index (χ3v) is 6.73. The number of hydrogen-bond donors (Lipinski definition) is 3. The van der Waals surface area contributed by atoms with Crippen LogP contribution in [0.15, 0.2) is 59.8 Å². The zero-order valence-electron chi connectivity index (χ0n) is 18.3. The predicted molar refractivity (Wildman–Crippen MR) is 128 cm³/mol. The minimum absolute atomic E-state index is 0.0111. The summed E-state index contributed by atoms with van der Waals surface area (Å²) in [5.41, 5.74) is 1.38. The number of hydrogen-bond acceptors (Lipinski definition) is 7. The number of primary sulfonamides is 1. The second-order valence-electron chi connectivity index (χ2n) is 8.00. The van der Waals surface area contributed by atoms with Gasteiger partial charge in [0, 0.05) is 35.6 Å². The van der Waals surface area contributed by atoms with Crippen LogP contribution in [0.1, 0.15) is 18.4 Å². The Morgan fingerprint density at radius 3 is 2.49 bits per heavy atom. The minimum atomic E-state index is -4.41. The van der Waals surface area contributed by atoms with Gasteiger partial charge in [-0.05, 0) is 60.9 Å². The lowest BCUT2D eigenvalue weighted by atomic mass is 10.1. The van der Waals surface area contributed by atoms with Gasteiger partial charge in [0.05, 0.1) is 4.90 Å². The first-order valence-corrected chi connectivity index (χ1v) is 12.5. The first-order valence-electron chi connectivity index (χ1n) is 10.6. The van der Waals surface area contributed by atoms with Crippen LogP contribution in [0.3, 0.4) is 0 Å². The van der Waals surface area contributed by atoms with Crippen LogP contribution in [0.2, 0.25) is 5.02 Å². The molecule has 1 aliphatic heterocycles. The highest BCUT2D eigenvalue weighted by molar-refractivity contribution is 7.89. The smallest absolute Gasteiger partial charge is 0.366 e. The molecule has 8 nitrogen and oxygen atoms in total. The summed E-state index contributed by atoms with van der Waals surface area (Å²) in [5.74, 6) is 0.859. The van der Waals surface area contributed by atoms with E-state index >= 15 is 0 Å². The molecule has 4 N–H and O–H groups in total. The molecule has 1 aliphatic rings. The van der Waals surface area contributed by atoms with Crippen LogP contribution in [0.4, 0.5) is 36.2 Å². The fraction of sp³-hybridized carbons (Fsp3) is 0.273. The van der Waals surface area contributed by atoms with Crippen molar-refractivity contribution >= 4 is 44.6 Å². The summed E-state index contributed by atoms with van der Waals surface area (Å²) in [4.78, 5) is 9.37. The molecule has 2 aromatic carbocycles. The lowest BCUT2D eigenvalue weighted by Crippen LogP contribution is -2.41. The van der Waals surface area contributed by atoms with E-state index in [1.54, 1.807) is 30.3 Å². The topological polar surface area (TPSA) is 113 Å². The Hall–Kier alpha value is -3.09. The van der Waals surface area contributed by atoms with Gasteiger partial charge in [0.15, 0.2) is 0 Å². The van der Waals surface area contributed by atoms with E-state index in [1.165, 1.54) is 29.4 Å². The van der Waals surface area contributed by atoms with E-state index in [-0.39, 0.29) is 24.4 Å².